The molecule has 0 aromatic heterocycles. The molecule has 2 aromatic carbocycles. The number of carbonyl (C=O) groups is 1. The molecule has 0 radical (unpaired) electrons. The van der Waals surface area contributed by atoms with Crippen molar-refractivity contribution >= 4 is 23.2 Å². The molecule has 0 bridgehead atoms. The zero-order valence-corrected chi connectivity index (χ0v) is 15.2. The number of amides is 1. The number of ether oxygens (including phenoxy) is 1. The van der Waals surface area contributed by atoms with Gasteiger partial charge in [-0.2, -0.15) is 0 Å². The van der Waals surface area contributed by atoms with Crippen LogP contribution in [0.15, 0.2) is 48.5 Å². The molecular formula is C20H23ClN2O2. The lowest BCUT2D eigenvalue weighted by atomic mass is 10.1. The first-order valence-corrected chi connectivity index (χ1v) is 8.98. The van der Waals surface area contributed by atoms with E-state index in [1.54, 1.807) is 0 Å². The smallest absolute Gasteiger partial charge is 0.226 e. The molecular weight excluding hydrogens is 336 g/mol. The van der Waals surface area contributed by atoms with Gasteiger partial charge in [0.2, 0.25) is 5.91 Å². The first-order valence-electron chi connectivity index (χ1n) is 8.60. The van der Waals surface area contributed by atoms with E-state index >= 15 is 0 Å². The van der Waals surface area contributed by atoms with Crippen LogP contribution in [-0.4, -0.2) is 43.6 Å². The van der Waals surface area contributed by atoms with Crippen LogP contribution < -0.4 is 9.64 Å². The number of aryl methyl sites for hydroxylation is 1. The molecule has 25 heavy (non-hydrogen) atoms. The van der Waals surface area contributed by atoms with E-state index in [4.69, 9.17) is 16.3 Å². The van der Waals surface area contributed by atoms with Crippen LogP contribution in [0, 0.1) is 6.92 Å². The zero-order valence-electron chi connectivity index (χ0n) is 14.5. The average molecular weight is 359 g/mol. The maximum Gasteiger partial charge on any atom is 0.226 e. The predicted octanol–water partition coefficient (Wildman–Crippen LogP) is 3.77. The fourth-order valence-electron chi connectivity index (χ4n) is 3.10. The van der Waals surface area contributed by atoms with Gasteiger partial charge in [-0.25, -0.2) is 0 Å². The molecule has 0 unspecified atom stereocenters. The normalized spacial score (nSPS) is 14.5. The van der Waals surface area contributed by atoms with E-state index in [1.165, 1.54) is 11.3 Å². The van der Waals surface area contributed by atoms with Gasteiger partial charge in [0.25, 0.3) is 0 Å². The van der Waals surface area contributed by atoms with Crippen LogP contribution in [0.1, 0.15) is 12.0 Å². The lowest BCUT2D eigenvalue weighted by Gasteiger charge is -2.37. The Balaban J connectivity index is 1.46. The van der Waals surface area contributed by atoms with Crippen molar-refractivity contribution in [2.24, 2.45) is 0 Å². The van der Waals surface area contributed by atoms with E-state index in [0.29, 0.717) is 13.0 Å². The van der Waals surface area contributed by atoms with E-state index in [1.807, 2.05) is 47.4 Å². The summed E-state index contributed by atoms with van der Waals surface area (Å²) in [6, 6.07) is 15.6. The van der Waals surface area contributed by atoms with Crippen LogP contribution in [0.25, 0.3) is 0 Å². The molecule has 4 nitrogen and oxygen atoms in total. The maximum absolute atomic E-state index is 12.4. The van der Waals surface area contributed by atoms with Gasteiger partial charge < -0.3 is 14.5 Å². The van der Waals surface area contributed by atoms with Gasteiger partial charge >= 0.3 is 0 Å². The lowest BCUT2D eigenvalue weighted by molar-refractivity contribution is -0.132. The first kappa shape index (κ1) is 17.6. The summed E-state index contributed by atoms with van der Waals surface area (Å²) in [5.74, 6) is 0.960. The van der Waals surface area contributed by atoms with Gasteiger partial charge in [-0.3, -0.25) is 4.79 Å². The van der Waals surface area contributed by atoms with Gasteiger partial charge in [-0.15, -0.1) is 0 Å². The fourth-order valence-corrected chi connectivity index (χ4v) is 3.33. The summed E-state index contributed by atoms with van der Waals surface area (Å²) >= 11 is 6.03. The van der Waals surface area contributed by atoms with Crippen LogP contribution >= 0.6 is 11.6 Å². The minimum atomic E-state index is 0.156. The lowest BCUT2D eigenvalue weighted by Crippen LogP contribution is -2.49. The van der Waals surface area contributed by atoms with Crippen LogP contribution in [0.4, 0.5) is 5.69 Å². The average Bonchev–Trinajstić information content (AvgIpc) is 2.63. The Morgan fingerprint density at radius 2 is 1.80 bits per heavy atom. The number of piperazine rings is 1. The van der Waals surface area contributed by atoms with Gasteiger partial charge in [-0.1, -0.05) is 29.8 Å². The number of para-hydroxylation sites is 1. The molecule has 1 amide bonds. The number of halogens is 1. The van der Waals surface area contributed by atoms with Gasteiger partial charge in [-0.05, 0) is 42.8 Å². The first-order chi connectivity index (χ1) is 12.1. The number of rotatable bonds is 5. The Kier molecular flexibility index (Phi) is 5.82. The summed E-state index contributed by atoms with van der Waals surface area (Å²) in [6.45, 7) is 5.65. The Morgan fingerprint density at radius 3 is 2.48 bits per heavy atom. The van der Waals surface area contributed by atoms with E-state index in [-0.39, 0.29) is 5.91 Å². The summed E-state index contributed by atoms with van der Waals surface area (Å²) in [5, 5.41) is 0.758. The van der Waals surface area contributed by atoms with Crippen molar-refractivity contribution in [3.63, 3.8) is 0 Å². The molecule has 2 aromatic rings. The van der Waals surface area contributed by atoms with Crippen LogP contribution in [0.2, 0.25) is 5.02 Å². The van der Waals surface area contributed by atoms with Crippen LogP contribution in [0.3, 0.4) is 0 Å². The monoisotopic (exact) mass is 358 g/mol. The van der Waals surface area contributed by atoms with Crippen molar-refractivity contribution in [2.75, 3.05) is 37.7 Å². The van der Waals surface area contributed by atoms with Crippen LogP contribution in [-0.2, 0) is 4.79 Å². The van der Waals surface area contributed by atoms with Crippen molar-refractivity contribution in [3.05, 3.63) is 59.1 Å². The Hall–Kier alpha value is -2.20. The van der Waals surface area contributed by atoms with E-state index in [0.717, 1.165) is 37.0 Å². The van der Waals surface area contributed by atoms with E-state index < -0.39 is 0 Å². The predicted molar refractivity (Wildman–Crippen MR) is 102 cm³/mol. The Morgan fingerprint density at radius 1 is 1.08 bits per heavy atom. The third-order valence-corrected chi connectivity index (χ3v) is 4.69. The highest BCUT2D eigenvalue weighted by molar-refractivity contribution is 6.30. The molecule has 0 atom stereocenters. The molecule has 132 valence electrons. The molecule has 1 aliphatic heterocycles. The quantitative estimate of drug-likeness (QED) is 0.815. The molecule has 0 N–H and O–H groups in total. The standard InChI is InChI=1S/C20H23ClN2O2/c1-16-15-17(21)7-8-19(16)22-10-12-23(13-11-22)20(24)9-14-25-18-5-3-2-4-6-18/h2-8,15H,9-14H2,1H3. The molecule has 1 heterocycles. The third-order valence-electron chi connectivity index (χ3n) is 4.46. The zero-order chi connectivity index (χ0) is 17.6. The largest absolute Gasteiger partial charge is 0.493 e. The molecule has 1 saturated heterocycles. The van der Waals surface area contributed by atoms with Crippen molar-refractivity contribution < 1.29 is 9.53 Å². The van der Waals surface area contributed by atoms with Gasteiger partial charge in [0.15, 0.2) is 0 Å². The number of carbonyl (C=O) groups excluding carboxylic acids is 1. The molecule has 5 heteroatoms. The molecule has 3 rings (SSSR count). The molecule has 1 aliphatic rings. The van der Waals surface area contributed by atoms with E-state index in [9.17, 15) is 4.79 Å². The number of anilines is 1. The number of nitrogens with zero attached hydrogens (tertiary/aromatic N) is 2. The van der Waals surface area contributed by atoms with Crippen molar-refractivity contribution in [1.82, 2.24) is 4.90 Å². The number of hydrogen-bond donors (Lipinski definition) is 0. The molecule has 0 saturated carbocycles. The third kappa shape index (κ3) is 4.67. The highest BCUT2D eigenvalue weighted by atomic mass is 35.5. The Labute approximate surface area is 154 Å². The van der Waals surface area contributed by atoms with Crippen molar-refractivity contribution in [3.8, 4) is 5.75 Å². The Bertz CT molecular complexity index is 713. The molecule has 0 aliphatic carbocycles. The summed E-state index contributed by atoms with van der Waals surface area (Å²) in [5.41, 5.74) is 2.37. The minimum absolute atomic E-state index is 0.156. The SMILES string of the molecule is Cc1cc(Cl)ccc1N1CCN(C(=O)CCOc2ccccc2)CC1. The van der Waals surface area contributed by atoms with E-state index in [2.05, 4.69) is 17.9 Å². The highest BCUT2D eigenvalue weighted by Crippen LogP contribution is 2.24. The second kappa shape index (κ2) is 8.26. The van der Waals surface area contributed by atoms with Crippen molar-refractivity contribution in [2.45, 2.75) is 13.3 Å². The van der Waals surface area contributed by atoms with Gasteiger partial charge in [0.1, 0.15) is 5.75 Å². The minimum Gasteiger partial charge on any atom is -0.493 e. The summed E-state index contributed by atoms with van der Waals surface area (Å²) in [4.78, 5) is 16.6. The summed E-state index contributed by atoms with van der Waals surface area (Å²) in [6.07, 6.45) is 0.412. The highest BCUT2D eigenvalue weighted by Gasteiger charge is 2.21. The topological polar surface area (TPSA) is 32.8 Å². The molecule has 0 spiro atoms. The van der Waals surface area contributed by atoms with Gasteiger partial charge in [0.05, 0.1) is 13.0 Å². The molecule has 1 fully saturated rings. The second-order valence-electron chi connectivity index (χ2n) is 6.21. The van der Waals surface area contributed by atoms with Crippen molar-refractivity contribution in [1.29, 1.82) is 0 Å². The summed E-state index contributed by atoms with van der Waals surface area (Å²) < 4.78 is 5.61. The van der Waals surface area contributed by atoms with Crippen LogP contribution in [0.5, 0.6) is 5.75 Å². The maximum atomic E-state index is 12.4. The fraction of sp³-hybridized carbons (Fsp3) is 0.350. The summed E-state index contributed by atoms with van der Waals surface area (Å²) in [7, 11) is 0. The number of hydrogen-bond acceptors (Lipinski definition) is 3. The van der Waals surface area contributed by atoms with Gasteiger partial charge in [0, 0.05) is 36.9 Å². The second-order valence-corrected chi connectivity index (χ2v) is 6.65. The number of benzene rings is 2.